The first-order chi connectivity index (χ1) is 15.1. The van der Waals surface area contributed by atoms with Gasteiger partial charge in [-0.05, 0) is 5.92 Å². The van der Waals surface area contributed by atoms with Gasteiger partial charge in [0.25, 0.3) is 0 Å². The number of methoxy groups -OCH3 is 1. The van der Waals surface area contributed by atoms with E-state index in [-0.39, 0.29) is 11.8 Å². The van der Waals surface area contributed by atoms with E-state index in [0.29, 0.717) is 25.1 Å². The van der Waals surface area contributed by atoms with Gasteiger partial charge in [-0.2, -0.15) is 0 Å². The second kappa shape index (κ2) is 10.3. The van der Waals surface area contributed by atoms with E-state index in [0.717, 1.165) is 51.3 Å². The maximum Gasteiger partial charge on any atom is 0.229 e. The molecule has 3 aliphatic heterocycles. The van der Waals surface area contributed by atoms with E-state index in [1.54, 1.807) is 12.0 Å². The van der Waals surface area contributed by atoms with Gasteiger partial charge >= 0.3 is 0 Å². The number of carbonyl (C=O) groups is 1. The van der Waals surface area contributed by atoms with Gasteiger partial charge in [-0.1, -0.05) is 35.5 Å². The van der Waals surface area contributed by atoms with Crippen molar-refractivity contribution < 1.29 is 19.3 Å². The lowest BCUT2D eigenvalue weighted by atomic mass is 9.75. The van der Waals surface area contributed by atoms with E-state index in [2.05, 4.69) is 59.2 Å². The first-order valence-electron chi connectivity index (χ1n) is 11.5. The summed E-state index contributed by atoms with van der Waals surface area (Å²) in [5.41, 5.74) is 2.37. The number of fused-ring (bicyclic) bond motifs is 3. The van der Waals surface area contributed by atoms with Gasteiger partial charge in [0, 0.05) is 32.1 Å². The molecule has 0 spiro atoms. The zero-order valence-corrected chi connectivity index (χ0v) is 18.7. The predicted molar refractivity (Wildman–Crippen MR) is 116 cm³/mol. The Labute approximate surface area is 184 Å². The topological polar surface area (TPSA) is 77.9 Å². The van der Waals surface area contributed by atoms with E-state index >= 15 is 0 Å². The molecule has 31 heavy (non-hydrogen) atoms. The zero-order chi connectivity index (χ0) is 21.6. The third-order valence-corrected chi connectivity index (χ3v) is 6.82. The number of piperidine rings is 3. The van der Waals surface area contributed by atoms with Gasteiger partial charge < -0.3 is 19.9 Å². The molecule has 8 heteroatoms. The van der Waals surface area contributed by atoms with Crippen LogP contribution in [0.1, 0.15) is 24.1 Å². The number of nitrogens with zero attached hydrogens (tertiary/aromatic N) is 3. The van der Waals surface area contributed by atoms with Crippen LogP contribution in [0, 0.1) is 11.8 Å². The summed E-state index contributed by atoms with van der Waals surface area (Å²) in [6, 6.07) is 11.1. The first kappa shape index (κ1) is 21.9. The molecule has 8 nitrogen and oxygen atoms in total. The normalized spacial score (nSPS) is 26.0. The third-order valence-electron chi connectivity index (χ3n) is 6.82. The van der Waals surface area contributed by atoms with Crippen LogP contribution in [0.2, 0.25) is 0 Å². The number of hydrogen-bond acceptors (Lipinski definition) is 4. The highest BCUT2D eigenvalue weighted by molar-refractivity contribution is 5.79. The van der Waals surface area contributed by atoms with Crippen molar-refractivity contribution in [3.05, 3.63) is 47.8 Å². The van der Waals surface area contributed by atoms with E-state index < -0.39 is 0 Å². The van der Waals surface area contributed by atoms with E-state index in [9.17, 15) is 4.79 Å². The molecule has 5 rings (SSSR count). The Bertz CT molecular complexity index is 842. The minimum absolute atomic E-state index is 0.137. The molecular weight excluding hydrogens is 392 g/mol. The number of carbonyl (C=O) groups excluding carboxylic acids is 1. The van der Waals surface area contributed by atoms with Crippen molar-refractivity contribution in [2.24, 2.45) is 11.8 Å². The van der Waals surface area contributed by atoms with Crippen molar-refractivity contribution >= 4 is 5.91 Å². The summed E-state index contributed by atoms with van der Waals surface area (Å²) >= 11 is 0. The van der Waals surface area contributed by atoms with Crippen LogP contribution in [-0.4, -0.2) is 67.3 Å². The molecular formula is C23H36N6O2+2. The lowest BCUT2D eigenvalue weighted by Gasteiger charge is -2.46. The Balaban J connectivity index is 1.27. The fourth-order valence-corrected chi connectivity index (χ4v) is 5.28. The Kier molecular flexibility index (Phi) is 7.32. The second-order valence-electron chi connectivity index (χ2n) is 9.21. The van der Waals surface area contributed by atoms with Crippen LogP contribution in [0.15, 0.2) is 36.5 Å². The molecule has 2 unspecified atom stereocenters. The fraction of sp³-hybridized carbons (Fsp3) is 0.609. The van der Waals surface area contributed by atoms with Crippen LogP contribution in [0.3, 0.4) is 0 Å². The first-order valence-corrected chi connectivity index (χ1v) is 11.5. The molecule has 3 N–H and O–H groups in total. The van der Waals surface area contributed by atoms with Crippen molar-refractivity contribution in [1.82, 2.24) is 20.3 Å². The number of benzene rings is 1. The highest BCUT2D eigenvalue weighted by Crippen LogP contribution is 2.27. The number of ether oxygens (including phenoxy) is 1. The number of quaternary nitrogens is 2. The summed E-state index contributed by atoms with van der Waals surface area (Å²) in [6.07, 6.45) is 4.34. The molecule has 2 aromatic rings. The average molecular weight is 429 g/mol. The Morgan fingerprint density at radius 2 is 2.16 bits per heavy atom. The molecule has 0 radical (unpaired) electrons. The Morgan fingerprint density at radius 3 is 2.90 bits per heavy atom. The van der Waals surface area contributed by atoms with Crippen molar-refractivity contribution in [2.45, 2.75) is 38.5 Å². The van der Waals surface area contributed by atoms with Gasteiger partial charge in [0.2, 0.25) is 5.91 Å². The van der Waals surface area contributed by atoms with E-state index in [1.165, 1.54) is 10.5 Å². The summed E-state index contributed by atoms with van der Waals surface area (Å²) < 4.78 is 7.05. The van der Waals surface area contributed by atoms with Crippen LogP contribution < -0.4 is 15.1 Å². The van der Waals surface area contributed by atoms with Gasteiger partial charge in [0.1, 0.15) is 24.8 Å². The summed E-state index contributed by atoms with van der Waals surface area (Å²) in [5, 5.41) is 11.9. The number of aromatic nitrogens is 3. The van der Waals surface area contributed by atoms with Crippen LogP contribution in [-0.2, 0) is 29.2 Å². The largest absolute Gasteiger partial charge is 0.383 e. The molecule has 2 bridgehead atoms. The van der Waals surface area contributed by atoms with Crippen LogP contribution in [0.5, 0.6) is 0 Å². The summed E-state index contributed by atoms with van der Waals surface area (Å²) in [6.45, 7) is 5.97. The van der Waals surface area contributed by atoms with Gasteiger partial charge in [-0.3, -0.25) is 4.79 Å². The molecule has 0 saturated carbocycles. The second-order valence-corrected chi connectivity index (χ2v) is 9.21. The van der Waals surface area contributed by atoms with Gasteiger partial charge in [-0.15, -0.1) is 5.10 Å². The lowest BCUT2D eigenvalue weighted by Crippen LogP contribution is -3.20. The maximum absolute atomic E-state index is 12.6. The molecule has 3 fully saturated rings. The quantitative estimate of drug-likeness (QED) is 0.405. The minimum atomic E-state index is 0.137. The van der Waals surface area contributed by atoms with Crippen molar-refractivity contribution in [3.8, 4) is 0 Å². The standard InChI is InChI=1S/C23H34N6O2/c1-27(13-18-6-4-3-5-7-18)14-20-15-29(26-25-20)16-21-12-19-8-10-28(21)17-22(19)23(30)24-9-11-31-2/h3-7,15,19,21-22H,8-14,16-17H2,1-2H3,(H,24,30)/p+2/t19-,21+,22-/m0/s1. The molecule has 1 aromatic carbocycles. The molecule has 3 saturated heterocycles. The molecule has 168 valence electrons. The predicted octanol–water partition coefficient (Wildman–Crippen LogP) is -1.45. The molecule has 5 atom stereocenters. The Hall–Kier alpha value is -2.29. The highest BCUT2D eigenvalue weighted by Gasteiger charge is 2.46. The van der Waals surface area contributed by atoms with Crippen LogP contribution >= 0.6 is 0 Å². The van der Waals surface area contributed by atoms with Crippen LogP contribution in [0.25, 0.3) is 0 Å². The van der Waals surface area contributed by atoms with E-state index in [1.807, 2.05) is 4.68 Å². The van der Waals surface area contributed by atoms with Crippen molar-refractivity contribution in [3.63, 3.8) is 0 Å². The van der Waals surface area contributed by atoms with Gasteiger partial charge in [-0.25, -0.2) is 4.68 Å². The highest BCUT2D eigenvalue weighted by atomic mass is 16.5. The van der Waals surface area contributed by atoms with Crippen LogP contribution in [0.4, 0.5) is 0 Å². The summed E-state index contributed by atoms with van der Waals surface area (Å²) in [5.74, 6) is 0.818. The molecule has 1 aromatic heterocycles. The van der Waals surface area contributed by atoms with Gasteiger partial charge in [0.15, 0.2) is 0 Å². The smallest absolute Gasteiger partial charge is 0.229 e. The number of nitrogens with one attached hydrogen (secondary N) is 3. The van der Waals surface area contributed by atoms with Crippen molar-refractivity contribution in [2.75, 3.05) is 40.4 Å². The third kappa shape index (κ3) is 5.70. The molecule has 3 aliphatic rings. The fourth-order valence-electron chi connectivity index (χ4n) is 5.28. The van der Waals surface area contributed by atoms with Gasteiger partial charge in [0.05, 0.1) is 45.4 Å². The lowest BCUT2D eigenvalue weighted by molar-refractivity contribution is -0.945. The summed E-state index contributed by atoms with van der Waals surface area (Å²) in [4.78, 5) is 15.5. The molecule has 1 amide bonds. The molecule has 4 heterocycles. The summed E-state index contributed by atoms with van der Waals surface area (Å²) in [7, 11) is 3.85. The van der Waals surface area contributed by atoms with E-state index in [4.69, 9.17) is 4.74 Å². The number of rotatable bonds is 10. The SMILES string of the molecule is COCCNC(=O)[C@H]1C[NH+]2CC[C@H]1C[C@@H]2Cn1cc(C[NH+](C)Cc2ccccc2)nn1. The average Bonchev–Trinajstić information content (AvgIpc) is 3.21. The molecule has 0 aliphatic carbocycles. The Morgan fingerprint density at radius 1 is 1.32 bits per heavy atom. The number of hydrogen-bond donors (Lipinski definition) is 3. The maximum atomic E-state index is 12.6. The minimum Gasteiger partial charge on any atom is -0.383 e. The number of amides is 1. The zero-order valence-electron chi connectivity index (χ0n) is 18.7. The van der Waals surface area contributed by atoms with Crippen molar-refractivity contribution in [1.29, 1.82) is 0 Å². The monoisotopic (exact) mass is 428 g/mol.